The number of azide groups is 1. The minimum Gasteiger partial charge on any atom is -0.0893 e. The van der Waals surface area contributed by atoms with Gasteiger partial charge in [-0.05, 0) is 57.8 Å². The molecule has 0 aliphatic carbocycles. The zero-order valence-electron chi connectivity index (χ0n) is 7.37. The molecule has 0 saturated heterocycles. The van der Waals surface area contributed by atoms with Gasteiger partial charge in [-0.1, -0.05) is 18.1 Å². The van der Waals surface area contributed by atoms with Crippen LogP contribution >= 0.6 is 22.6 Å². The van der Waals surface area contributed by atoms with Crippen molar-refractivity contribution < 1.29 is 0 Å². The molecule has 13 heavy (non-hydrogen) atoms. The quantitative estimate of drug-likeness (QED) is 0.352. The molecular weight excluding hydrogens is 277 g/mol. The van der Waals surface area contributed by atoms with Gasteiger partial charge in [-0.15, -0.1) is 0 Å². The van der Waals surface area contributed by atoms with Gasteiger partial charge in [0.25, 0.3) is 0 Å². The van der Waals surface area contributed by atoms with Gasteiger partial charge < -0.3 is 0 Å². The lowest BCUT2D eigenvalue weighted by Gasteiger charge is -2.01. The van der Waals surface area contributed by atoms with Gasteiger partial charge >= 0.3 is 0 Å². The Hall–Kier alpha value is -0.740. The molecule has 1 aromatic rings. The van der Waals surface area contributed by atoms with E-state index in [9.17, 15) is 0 Å². The lowest BCUT2D eigenvalue weighted by Crippen LogP contribution is -1.87. The van der Waals surface area contributed by atoms with Crippen LogP contribution in [0.2, 0.25) is 0 Å². The molecule has 0 spiro atoms. The average Bonchev–Trinajstić information content (AvgIpc) is 2.14. The Morgan fingerprint density at radius 3 is 2.69 bits per heavy atom. The summed E-state index contributed by atoms with van der Waals surface area (Å²) in [4.78, 5) is 2.74. The van der Waals surface area contributed by atoms with Gasteiger partial charge in [-0.25, -0.2) is 0 Å². The fourth-order valence-electron chi connectivity index (χ4n) is 1.13. The molecule has 4 heteroatoms. The molecule has 0 bridgehead atoms. The molecule has 0 amide bonds. The van der Waals surface area contributed by atoms with Gasteiger partial charge in [0.1, 0.15) is 0 Å². The zero-order valence-corrected chi connectivity index (χ0v) is 9.52. The molecule has 68 valence electrons. The van der Waals surface area contributed by atoms with Gasteiger partial charge in [0.15, 0.2) is 0 Å². The maximum atomic E-state index is 8.18. The van der Waals surface area contributed by atoms with Crippen molar-refractivity contribution in [3.05, 3.63) is 43.3 Å². The van der Waals surface area contributed by atoms with Crippen LogP contribution in [0, 0.1) is 3.57 Å². The Kier molecular flexibility index (Phi) is 4.05. The zero-order chi connectivity index (χ0) is 9.68. The number of hydrogen-bond acceptors (Lipinski definition) is 1. The second kappa shape index (κ2) is 5.09. The van der Waals surface area contributed by atoms with Crippen LogP contribution in [0.15, 0.2) is 23.3 Å². The van der Waals surface area contributed by atoms with Gasteiger partial charge in [0.2, 0.25) is 0 Å². The van der Waals surface area contributed by atoms with Crippen molar-refractivity contribution in [3.63, 3.8) is 0 Å². The van der Waals surface area contributed by atoms with E-state index in [-0.39, 0.29) is 0 Å². The Bertz CT molecular complexity index is 343. The van der Waals surface area contributed by atoms with E-state index in [0.717, 1.165) is 12.0 Å². The first-order valence-electron chi connectivity index (χ1n) is 4.05. The summed E-state index contributed by atoms with van der Waals surface area (Å²) in [5.74, 6) is 0. The van der Waals surface area contributed by atoms with Crippen molar-refractivity contribution in [1.29, 1.82) is 0 Å². The summed E-state index contributed by atoms with van der Waals surface area (Å²) in [6.07, 6.45) is 1.01. The number of aryl methyl sites for hydroxylation is 1. The summed E-state index contributed by atoms with van der Waals surface area (Å²) in [6, 6.07) is 6.26. The highest BCUT2D eigenvalue weighted by atomic mass is 127. The molecule has 1 aromatic carbocycles. The van der Waals surface area contributed by atoms with E-state index in [0.29, 0.717) is 6.54 Å². The highest BCUT2D eigenvalue weighted by molar-refractivity contribution is 14.1. The van der Waals surface area contributed by atoms with Crippen molar-refractivity contribution in [2.45, 2.75) is 19.9 Å². The van der Waals surface area contributed by atoms with Crippen molar-refractivity contribution in [2.24, 2.45) is 5.11 Å². The number of halogens is 1. The number of hydrogen-bond donors (Lipinski definition) is 0. The smallest absolute Gasteiger partial charge is 0.0511 e. The Morgan fingerprint density at radius 2 is 2.08 bits per heavy atom. The third-order valence-corrected chi connectivity index (χ3v) is 2.36. The first-order chi connectivity index (χ1) is 6.26. The van der Waals surface area contributed by atoms with Crippen LogP contribution < -0.4 is 0 Å². The van der Waals surface area contributed by atoms with Crippen LogP contribution in [0.1, 0.15) is 18.1 Å². The van der Waals surface area contributed by atoms with Gasteiger partial charge in [0.05, 0.1) is 6.54 Å². The van der Waals surface area contributed by atoms with Crippen molar-refractivity contribution in [1.82, 2.24) is 0 Å². The Balaban J connectivity index is 2.93. The summed E-state index contributed by atoms with van der Waals surface area (Å²) in [6.45, 7) is 2.56. The Labute approximate surface area is 90.9 Å². The molecule has 1 rings (SSSR count). The molecule has 0 unspecified atom stereocenters. The minimum absolute atomic E-state index is 0.445. The number of nitrogens with zero attached hydrogens (tertiary/aromatic N) is 3. The third-order valence-electron chi connectivity index (χ3n) is 1.74. The summed E-state index contributed by atoms with van der Waals surface area (Å²) in [7, 11) is 0. The summed E-state index contributed by atoms with van der Waals surface area (Å²) in [5, 5.41) is 3.54. The normalized spacial score (nSPS) is 9.38. The summed E-state index contributed by atoms with van der Waals surface area (Å²) < 4.78 is 1.19. The second-order valence-electron chi connectivity index (χ2n) is 2.71. The van der Waals surface area contributed by atoms with E-state index < -0.39 is 0 Å². The predicted molar refractivity (Wildman–Crippen MR) is 61.4 cm³/mol. The molecule has 3 nitrogen and oxygen atoms in total. The average molecular weight is 287 g/mol. The second-order valence-corrected chi connectivity index (χ2v) is 3.96. The fraction of sp³-hybridized carbons (Fsp3) is 0.333. The maximum Gasteiger partial charge on any atom is 0.0511 e. The maximum absolute atomic E-state index is 8.18. The van der Waals surface area contributed by atoms with Crippen molar-refractivity contribution in [2.75, 3.05) is 0 Å². The fourth-order valence-corrected chi connectivity index (χ4v) is 1.93. The lowest BCUT2D eigenvalue weighted by atomic mass is 10.1. The first-order valence-corrected chi connectivity index (χ1v) is 5.13. The standard InChI is InChI=1S/C9H10IN3/c1-2-7-3-8(6-12-13-11)5-9(10)4-7/h3-5H,2,6H2,1H3. The van der Waals surface area contributed by atoms with E-state index in [1.807, 2.05) is 6.07 Å². The van der Waals surface area contributed by atoms with E-state index in [1.165, 1.54) is 9.13 Å². The van der Waals surface area contributed by atoms with Crippen LogP contribution in [0.3, 0.4) is 0 Å². The third kappa shape index (κ3) is 3.24. The van der Waals surface area contributed by atoms with Crippen molar-refractivity contribution >= 4 is 22.6 Å². The van der Waals surface area contributed by atoms with Crippen molar-refractivity contribution in [3.8, 4) is 0 Å². The molecule has 0 aromatic heterocycles. The van der Waals surface area contributed by atoms with Crippen LogP contribution in [0.4, 0.5) is 0 Å². The largest absolute Gasteiger partial charge is 0.0893 e. The van der Waals surface area contributed by atoms with E-state index in [4.69, 9.17) is 5.53 Å². The predicted octanol–water partition coefficient (Wildman–Crippen LogP) is 3.66. The molecule has 0 N–H and O–H groups in total. The van der Waals surface area contributed by atoms with E-state index in [2.05, 4.69) is 51.7 Å². The van der Waals surface area contributed by atoms with Gasteiger partial charge in [-0.2, -0.15) is 0 Å². The highest BCUT2D eigenvalue weighted by Gasteiger charge is 1.96. The topological polar surface area (TPSA) is 48.8 Å². The van der Waals surface area contributed by atoms with Gasteiger partial charge in [0, 0.05) is 8.48 Å². The molecule has 0 heterocycles. The number of rotatable bonds is 3. The molecule has 0 radical (unpaired) electrons. The van der Waals surface area contributed by atoms with Crippen LogP contribution in [0.25, 0.3) is 10.4 Å². The monoisotopic (exact) mass is 287 g/mol. The van der Waals surface area contributed by atoms with Crippen LogP contribution in [-0.2, 0) is 13.0 Å². The first kappa shape index (κ1) is 10.3. The van der Waals surface area contributed by atoms with Crippen LogP contribution in [-0.4, -0.2) is 0 Å². The highest BCUT2D eigenvalue weighted by Crippen LogP contribution is 2.13. The molecule has 0 atom stereocenters. The molecule has 0 saturated carbocycles. The minimum atomic E-state index is 0.445. The SMILES string of the molecule is CCc1cc(I)cc(CN=[N+]=[N-])c1. The molecule has 0 fully saturated rings. The summed E-state index contributed by atoms with van der Waals surface area (Å²) >= 11 is 2.27. The van der Waals surface area contributed by atoms with Crippen LogP contribution in [0.5, 0.6) is 0 Å². The summed E-state index contributed by atoms with van der Waals surface area (Å²) in [5.41, 5.74) is 10.6. The lowest BCUT2D eigenvalue weighted by molar-refractivity contribution is 1.03. The molecule has 0 aliphatic heterocycles. The molecular formula is C9H10IN3. The van der Waals surface area contributed by atoms with E-state index in [1.54, 1.807) is 0 Å². The molecule has 0 aliphatic rings. The van der Waals surface area contributed by atoms with Gasteiger partial charge in [-0.3, -0.25) is 0 Å². The Morgan fingerprint density at radius 1 is 1.38 bits per heavy atom. The number of benzene rings is 1. The van der Waals surface area contributed by atoms with E-state index >= 15 is 0 Å².